The molecular formula is C29H42BrFN2O4. The van der Waals surface area contributed by atoms with Crippen LogP contribution in [0.25, 0.3) is 0 Å². The summed E-state index contributed by atoms with van der Waals surface area (Å²) < 4.78 is 25.9. The Morgan fingerprint density at radius 1 is 0.892 bits per heavy atom. The largest absolute Gasteiger partial charge is 1.00 e. The van der Waals surface area contributed by atoms with Crippen molar-refractivity contribution in [1.29, 1.82) is 0 Å². The minimum absolute atomic E-state index is 0. The zero-order chi connectivity index (χ0) is 26.4. The lowest BCUT2D eigenvalue weighted by molar-refractivity contribution is -0.906. The topological polar surface area (TPSA) is 64.6 Å². The lowest BCUT2D eigenvalue weighted by atomic mass is 10.1. The summed E-state index contributed by atoms with van der Waals surface area (Å²) >= 11 is 0. The highest BCUT2D eigenvalue weighted by atomic mass is 79.9. The van der Waals surface area contributed by atoms with Gasteiger partial charge < -0.3 is 36.3 Å². The zero-order valence-electron chi connectivity index (χ0n) is 22.7. The molecule has 0 aliphatic carbocycles. The maximum absolute atomic E-state index is 13.9. The summed E-state index contributed by atoms with van der Waals surface area (Å²) in [7, 11) is 2.13. The van der Waals surface area contributed by atoms with E-state index in [1.807, 2.05) is 0 Å². The van der Waals surface area contributed by atoms with Crippen LogP contribution in [0.5, 0.6) is 5.75 Å². The second-order valence-corrected chi connectivity index (χ2v) is 9.40. The lowest BCUT2D eigenvalue weighted by Crippen LogP contribution is -3.00. The van der Waals surface area contributed by atoms with E-state index in [2.05, 4.69) is 33.1 Å². The summed E-state index contributed by atoms with van der Waals surface area (Å²) in [5.41, 5.74) is 1.03. The molecule has 0 radical (unpaired) electrons. The number of hydrogen-bond acceptors (Lipinski definition) is 4. The van der Waals surface area contributed by atoms with Crippen molar-refractivity contribution in [1.82, 2.24) is 0 Å². The van der Waals surface area contributed by atoms with E-state index in [4.69, 9.17) is 9.47 Å². The van der Waals surface area contributed by atoms with Crippen molar-refractivity contribution >= 4 is 17.6 Å². The number of hydrogen-bond donors (Lipinski definition) is 1. The molecule has 8 heteroatoms. The van der Waals surface area contributed by atoms with Crippen LogP contribution >= 0.6 is 0 Å². The van der Waals surface area contributed by atoms with Crippen molar-refractivity contribution in [2.75, 3.05) is 45.2 Å². The molecule has 0 saturated carbocycles. The average Bonchev–Trinajstić information content (AvgIpc) is 2.89. The molecule has 0 unspecified atom stereocenters. The molecule has 2 rings (SSSR count). The molecule has 0 saturated heterocycles. The molecule has 2 aromatic rings. The van der Waals surface area contributed by atoms with Gasteiger partial charge in [-0.05, 0) is 62.7 Å². The van der Waals surface area contributed by atoms with Gasteiger partial charge in [0.2, 0.25) is 0 Å². The monoisotopic (exact) mass is 580 g/mol. The van der Waals surface area contributed by atoms with E-state index < -0.39 is 17.7 Å². The molecule has 0 heterocycles. The van der Waals surface area contributed by atoms with Crippen LogP contribution in [0.2, 0.25) is 0 Å². The number of anilines is 1. The number of ether oxygens (including phenoxy) is 2. The quantitative estimate of drug-likeness (QED) is 0.188. The first-order chi connectivity index (χ1) is 17.3. The number of carbonyl (C=O) groups excluding carboxylic acids is 2. The van der Waals surface area contributed by atoms with Gasteiger partial charge in [0.25, 0.3) is 5.91 Å². The highest BCUT2D eigenvalue weighted by Gasteiger charge is 2.18. The fraction of sp³-hybridized carbons (Fsp3) is 0.517. The minimum atomic E-state index is -0.508. The molecule has 6 nitrogen and oxygen atoms in total. The van der Waals surface area contributed by atoms with E-state index >= 15 is 0 Å². The SMILES string of the molecule is CCCCCCCCOc1ccc(F)cc1C(=O)Nc1ccc(C(=O)OCC[N+](C)(CC)CC)cc1.[Br-]. The number of quaternary nitrogens is 1. The standard InChI is InChI=1S/C29H41FN2O4.BrH/c1-5-8-9-10-11-12-20-35-27-18-15-24(30)22-26(27)28(33)31-25-16-13-23(14-17-25)29(34)36-21-19-32(4,6-2)7-3;/h13-18,22H,5-12,19-21H2,1-4H3;1H. The second kappa shape index (κ2) is 17.1. The fourth-order valence-electron chi connectivity index (χ4n) is 3.74. The number of amides is 1. The van der Waals surface area contributed by atoms with E-state index in [-0.39, 0.29) is 22.5 Å². The Morgan fingerprint density at radius 3 is 2.19 bits per heavy atom. The van der Waals surface area contributed by atoms with Gasteiger partial charge in [-0.1, -0.05) is 39.0 Å². The molecule has 37 heavy (non-hydrogen) atoms. The third-order valence-electron chi connectivity index (χ3n) is 6.71. The molecule has 0 fully saturated rings. The third kappa shape index (κ3) is 11.2. The number of rotatable bonds is 16. The molecule has 0 aliphatic rings. The van der Waals surface area contributed by atoms with Crippen LogP contribution in [0.4, 0.5) is 10.1 Å². The van der Waals surface area contributed by atoms with Crippen LogP contribution in [-0.2, 0) is 4.74 Å². The highest BCUT2D eigenvalue weighted by molar-refractivity contribution is 6.06. The summed E-state index contributed by atoms with van der Waals surface area (Å²) in [6, 6.07) is 10.4. The number of carbonyl (C=O) groups is 2. The van der Waals surface area contributed by atoms with Gasteiger partial charge >= 0.3 is 5.97 Å². The zero-order valence-corrected chi connectivity index (χ0v) is 24.2. The molecule has 0 spiro atoms. The van der Waals surface area contributed by atoms with E-state index in [0.29, 0.717) is 30.2 Å². The van der Waals surface area contributed by atoms with Crippen molar-refractivity contribution in [2.24, 2.45) is 0 Å². The maximum Gasteiger partial charge on any atom is 0.338 e. The van der Waals surface area contributed by atoms with Gasteiger partial charge in [-0.25, -0.2) is 9.18 Å². The Labute approximate surface area is 231 Å². The van der Waals surface area contributed by atoms with Crippen LogP contribution in [-0.4, -0.2) is 56.3 Å². The van der Waals surface area contributed by atoms with Gasteiger partial charge in [0.1, 0.15) is 24.7 Å². The van der Waals surface area contributed by atoms with Crippen LogP contribution in [0, 0.1) is 5.82 Å². The Kier molecular flexibility index (Phi) is 15.1. The van der Waals surface area contributed by atoms with Crippen LogP contribution in [0.1, 0.15) is 80.0 Å². The molecule has 0 aliphatic heterocycles. The Bertz CT molecular complexity index is 965. The minimum Gasteiger partial charge on any atom is -1.00 e. The number of halogens is 2. The Balaban J connectivity index is 0.00000684. The highest BCUT2D eigenvalue weighted by Crippen LogP contribution is 2.22. The smallest absolute Gasteiger partial charge is 0.338 e. The number of nitrogens with one attached hydrogen (secondary N) is 1. The first-order valence-electron chi connectivity index (χ1n) is 13.2. The van der Waals surface area contributed by atoms with Crippen molar-refractivity contribution < 1.29 is 44.9 Å². The normalized spacial score (nSPS) is 10.9. The molecule has 206 valence electrons. The van der Waals surface area contributed by atoms with Crippen molar-refractivity contribution in [3.8, 4) is 5.75 Å². The molecule has 2 aromatic carbocycles. The van der Waals surface area contributed by atoms with Gasteiger partial charge in [0, 0.05) is 5.69 Å². The summed E-state index contributed by atoms with van der Waals surface area (Å²) in [4.78, 5) is 25.2. The fourth-order valence-corrected chi connectivity index (χ4v) is 3.74. The first kappa shape index (κ1) is 32.6. The van der Waals surface area contributed by atoms with Gasteiger partial charge in [0.15, 0.2) is 0 Å². The van der Waals surface area contributed by atoms with Crippen molar-refractivity contribution in [3.63, 3.8) is 0 Å². The van der Waals surface area contributed by atoms with Gasteiger partial charge in [0.05, 0.1) is 37.9 Å². The second-order valence-electron chi connectivity index (χ2n) is 9.40. The Morgan fingerprint density at radius 2 is 1.54 bits per heavy atom. The summed E-state index contributed by atoms with van der Waals surface area (Å²) in [5.74, 6) is -1.03. The molecule has 1 amide bonds. The van der Waals surface area contributed by atoms with E-state index in [9.17, 15) is 14.0 Å². The van der Waals surface area contributed by atoms with Gasteiger partial charge in [-0.3, -0.25) is 4.79 Å². The number of unbranched alkanes of at least 4 members (excludes halogenated alkanes) is 5. The summed E-state index contributed by atoms with van der Waals surface area (Å²) in [6.07, 6.45) is 6.76. The van der Waals surface area contributed by atoms with Crippen molar-refractivity contribution in [3.05, 3.63) is 59.4 Å². The maximum atomic E-state index is 13.9. The van der Waals surface area contributed by atoms with Crippen LogP contribution in [0.3, 0.4) is 0 Å². The number of nitrogens with zero attached hydrogens (tertiary/aromatic N) is 1. The number of esters is 1. The number of benzene rings is 2. The van der Waals surface area contributed by atoms with Crippen LogP contribution in [0.15, 0.2) is 42.5 Å². The van der Waals surface area contributed by atoms with Crippen LogP contribution < -0.4 is 27.0 Å². The molecule has 1 N–H and O–H groups in total. The number of likely N-dealkylation sites (N-methyl/N-ethyl adjacent to an activating group) is 1. The van der Waals surface area contributed by atoms with E-state index in [0.717, 1.165) is 43.4 Å². The summed E-state index contributed by atoms with van der Waals surface area (Å²) in [5, 5.41) is 2.75. The molecular weight excluding hydrogens is 539 g/mol. The average molecular weight is 582 g/mol. The summed E-state index contributed by atoms with van der Waals surface area (Å²) in [6.45, 7) is 9.94. The Hall–Kier alpha value is -2.45. The van der Waals surface area contributed by atoms with Gasteiger partial charge in [-0.15, -0.1) is 0 Å². The van der Waals surface area contributed by atoms with E-state index in [1.165, 1.54) is 37.5 Å². The van der Waals surface area contributed by atoms with E-state index in [1.54, 1.807) is 24.3 Å². The van der Waals surface area contributed by atoms with Gasteiger partial charge in [-0.2, -0.15) is 0 Å². The first-order valence-corrected chi connectivity index (χ1v) is 13.2. The van der Waals surface area contributed by atoms with Crippen molar-refractivity contribution in [2.45, 2.75) is 59.3 Å². The predicted octanol–water partition coefficient (Wildman–Crippen LogP) is 3.46. The third-order valence-corrected chi connectivity index (χ3v) is 6.71. The predicted molar refractivity (Wildman–Crippen MR) is 142 cm³/mol. The molecule has 0 bridgehead atoms. The molecule has 0 atom stereocenters. The lowest BCUT2D eigenvalue weighted by Gasteiger charge is -2.31. The molecule has 0 aromatic heterocycles.